The molecule has 2 amide bonds. The largest absolute Gasteiger partial charge is 0.466 e. The molecular formula is C17H22N2O5. The Kier molecular flexibility index (Phi) is 5.78. The summed E-state index contributed by atoms with van der Waals surface area (Å²) in [5.74, 6) is -0.983. The molecule has 24 heavy (non-hydrogen) atoms. The van der Waals surface area contributed by atoms with Gasteiger partial charge in [0, 0.05) is 18.8 Å². The van der Waals surface area contributed by atoms with Crippen LogP contribution in [0.2, 0.25) is 0 Å². The maximum atomic E-state index is 12.2. The van der Waals surface area contributed by atoms with Crippen molar-refractivity contribution in [3.8, 4) is 0 Å². The van der Waals surface area contributed by atoms with Crippen LogP contribution in [0.5, 0.6) is 0 Å². The summed E-state index contributed by atoms with van der Waals surface area (Å²) in [6.07, 6.45) is -0.531. The lowest BCUT2D eigenvalue weighted by Gasteiger charge is -2.18. The maximum absolute atomic E-state index is 12.2. The number of esters is 2. The van der Waals surface area contributed by atoms with Crippen molar-refractivity contribution in [2.75, 3.05) is 25.1 Å². The fraction of sp³-hybridized carbons (Fsp3) is 0.471. The van der Waals surface area contributed by atoms with Gasteiger partial charge in [0.1, 0.15) is 0 Å². The molecule has 1 atom stereocenters. The van der Waals surface area contributed by atoms with E-state index in [-0.39, 0.29) is 11.9 Å². The number of carbonyl (C=O) groups is 3. The average Bonchev–Trinajstić information content (AvgIpc) is 2.99. The van der Waals surface area contributed by atoms with Gasteiger partial charge in [-0.1, -0.05) is 13.8 Å². The molecule has 1 aromatic carbocycles. The van der Waals surface area contributed by atoms with E-state index in [9.17, 15) is 14.4 Å². The van der Waals surface area contributed by atoms with Gasteiger partial charge >= 0.3 is 18.0 Å². The third-order valence-electron chi connectivity index (χ3n) is 3.67. The summed E-state index contributed by atoms with van der Waals surface area (Å²) in [4.78, 5) is 37.2. The minimum atomic E-state index is -0.925. The third-order valence-corrected chi connectivity index (χ3v) is 3.67. The normalized spacial score (nSPS) is 15.2. The highest BCUT2D eigenvalue weighted by molar-refractivity contribution is 5.95. The van der Waals surface area contributed by atoms with E-state index in [4.69, 9.17) is 4.74 Å². The van der Waals surface area contributed by atoms with Crippen molar-refractivity contribution in [1.29, 1.82) is 0 Å². The van der Waals surface area contributed by atoms with Crippen molar-refractivity contribution in [3.05, 3.63) is 29.8 Å². The van der Waals surface area contributed by atoms with E-state index in [1.54, 1.807) is 29.2 Å². The Labute approximate surface area is 140 Å². The number of nitrogens with zero attached hydrogens (tertiary/aromatic N) is 1. The van der Waals surface area contributed by atoms with Crippen molar-refractivity contribution in [3.63, 3.8) is 0 Å². The van der Waals surface area contributed by atoms with E-state index < -0.39 is 18.0 Å². The van der Waals surface area contributed by atoms with Crippen LogP contribution in [0.4, 0.5) is 10.5 Å². The molecule has 0 unspecified atom stereocenters. The van der Waals surface area contributed by atoms with Crippen molar-refractivity contribution < 1.29 is 23.9 Å². The fourth-order valence-corrected chi connectivity index (χ4v) is 2.44. The number of amides is 2. The molecule has 0 radical (unpaired) electrons. The van der Waals surface area contributed by atoms with Crippen LogP contribution >= 0.6 is 0 Å². The standard InChI is InChI=1S/C17H22N2O5/c1-11(2)10-14(16(21)23-3)24-15(20)12-4-6-13(7-5-12)19-9-8-18-17(19)22/h4-7,11,14H,8-10H2,1-3H3,(H,18,22)/t14-/m0/s1. The van der Waals surface area contributed by atoms with Crippen LogP contribution in [0.3, 0.4) is 0 Å². The molecule has 1 heterocycles. The Balaban J connectivity index is 2.05. The van der Waals surface area contributed by atoms with Crippen LogP contribution < -0.4 is 10.2 Å². The summed E-state index contributed by atoms with van der Waals surface area (Å²) < 4.78 is 9.96. The first-order chi connectivity index (χ1) is 11.4. The van der Waals surface area contributed by atoms with Gasteiger partial charge in [-0.3, -0.25) is 4.90 Å². The average molecular weight is 334 g/mol. The molecule has 1 aliphatic heterocycles. The molecule has 1 N–H and O–H groups in total. The number of nitrogens with one attached hydrogen (secondary N) is 1. The van der Waals surface area contributed by atoms with Crippen molar-refractivity contribution in [1.82, 2.24) is 5.32 Å². The molecular weight excluding hydrogens is 312 g/mol. The smallest absolute Gasteiger partial charge is 0.347 e. The lowest BCUT2D eigenvalue weighted by molar-refractivity contribution is -0.151. The molecule has 0 aromatic heterocycles. The molecule has 1 saturated heterocycles. The molecule has 7 heteroatoms. The zero-order valence-electron chi connectivity index (χ0n) is 14.1. The van der Waals surface area contributed by atoms with Crippen molar-refractivity contribution >= 4 is 23.7 Å². The number of hydrogen-bond donors (Lipinski definition) is 1. The van der Waals surface area contributed by atoms with Gasteiger partial charge in [-0.2, -0.15) is 0 Å². The summed E-state index contributed by atoms with van der Waals surface area (Å²) in [5.41, 5.74) is 1.02. The van der Waals surface area contributed by atoms with E-state index >= 15 is 0 Å². The SMILES string of the molecule is COC(=O)[C@H](CC(C)C)OC(=O)c1ccc(N2CCNC2=O)cc1. The number of methoxy groups -OCH3 is 1. The topological polar surface area (TPSA) is 84.9 Å². The minimum Gasteiger partial charge on any atom is -0.466 e. The lowest BCUT2D eigenvalue weighted by Crippen LogP contribution is -2.30. The molecule has 0 bridgehead atoms. The van der Waals surface area contributed by atoms with E-state index in [0.29, 0.717) is 30.8 Å². The van der Waals surface area contributed by atoms with Crippen LogP contribution in [0, 0.1) is 5.92 Å². The molecule has 130 valence electrons. The Bertz CT molecular complexity index is 612. The van der Waals surface area contributed by atoms with Crippen LogP contribution in [0.25, 0.3) is 0 Å². The van der Waals surface area contributed by atoms with E-state index in [2.05, 4.69) is 10.1 Å². The predicted octanol–water partition coefficient (Wildman–Crippen LogP) is 1.96. The molecule has 2 rings (SSSR count). The molecule has 1 aromatic rings. The number of hydrogen-bond acceptors (Lipinski definition) is 5. The van der Waals surface area contributed by atoms with Gasteiger partial charge in [-0.25, -0.2) is 14.4 Å². The summed E-state index contributed by atoms with van der Waals surface area (Å²) in [6, 6.07) is 6.35. The van der Waals surface area contributed by atoms with Gasteiger partial charge in [0.05, 0.1) is 12.7 Å². The Hall–Kier alpha value is -2.57. The maximum Gasteiger partial charge on any atom is 0.347 e. The quantitative estimate of drug-likeness (QED) is 0.804. The van der Waals surface area contributed by atoms with Crippen LogP contribution in [-0.4, -0.2) is 44.3 Å². The van der Waals surface area contributed by atoms with Gasteiger partial charge in [0.15, 0.2) is 6.10 Å². The highest BCUT2D eigenvalue weighted by atomic mass is 16.6. The van der Waals surface area contributed by atoms with Crippen molar-refractivity contribution in [2.45, 2.75) is 26.4 Å². The summed E-state index contributed by atoms with van der Waals surface area (Å²) in [5, 5.41) is 2.71. The summed E-state index contributed by atoms with van der Waals surface area (Å²) >= 11 is 0. The predicted molar refractivity (Wildman–Crippen MR) is 87.9 cm³/mol. The van der Waals surface area contributed by atoms with Crippen LogP contribution in [0.1, 0.15) is 30.6 Å². The number of urea groups is 1. The number of carbonyl (C=O) groups excluding carboxylic acids is 3. The second kappa shape index (κ2) is 7.81. The first-order valence-corrected chi connectivity index (χ1v) is 7.86. The van der Waals surface area contributed by atoms with Crippen LogP contribution in [0.15, 0.2) is 24.3 Å². The number of anilines is 1. The van der Waals surface area contributed by atoms with Crippen LogP contribution in [-0.2, 0) is 14.3 Å². The van der Waals surface area contributed by atoms with Gasteiger partial charge in [0.25, 0.3) is 0 Å². The second-order valence-electron chi connectivity index (χ2n) is 5.98. The van der Waals surface area contributed by atoms with Gasteiger partial charge in [-0.15, -0.1) is 0 Å². The summed E-state index contributed by atoms with van der Waals surface area (Å²) in [6.45, 7) is 5.04. The second-order valence-corrected chi connectivity index (χ2v) is 5.98. The van der Waals surface area contributed by atoms with E-state index in [0.717, 1.165) is 0 Å². The highest BCUT2D eigenvalue weighted by Crippen LogP contribution is 2.19. The Morgan fingerprint density at radius 2 is 1.92 bits per heavy atom. The highest BCUT2D eigenvalue weighted by Gasteiger charge is 2.26. The van der Waals surface area contributed by atoms with Gasteiger partial charge in [0.2, 0.25) is 0 Å². The first kappa shape index (κ1) is 17.8. The zero-order valence-corrected chi connectivity index (χ0v) is 14.1. The van der Waals surface area contributed by atoms with E-state index in [1.807, 2.05) is 13.8 Å². The number of benzene rings is 1. The lowest BCUT2D eigenvalue weighted by atomic mass is 10.1. The molecule has 0 saturated carbocycles. The van der Waals surface area contributed by atoms with Crippen molar-refractivity contribution in [2.24, 2.45) is 5.92 Å². The molecule has 0 aliphatic carbocycles. The molecule has 1 aliphatic rings. The van der Waals surface area contributed by atoms with Gasteiger partial charge in [-0.05, 0) is 36.6 Å². The fourth-order valence-electron chi connectivity index (χ4n) is 2.44. The van der Waals surface area contributed by atoms with Gasteiger partial charge < -0.3 is 14.8 Å². The number of rotatable bonds is 6. The molecule has 7 nitrogen and oxygen atoms in total. The molecule has 1 fully saturated rings. The van der Waals surface area contributed by atoms with E-state index in [1.165, 1.54) is 7.11 Å². The zero-order chi connectivity index (χ0) is 17.7. The molecule has 0 spiro atoms. The monoisotopic (exact) mass is 334 g/mol. The number of ether oxygens (including phenoxy) is 2. The minimum absolute atomic E-state index is 0.159. The third kappa shape index (κ3) is 4.24. The first-order valence-electron chi connectivity index (χ1n) is 7.86. The Morgan fingerprint density at radius 3 is 2.42 bits per heavy atom. The summed E-state index contributed by atoms with van der Waals surface area (Å²) in [7, 11) is 1.26. The Morgan fingerprint density at radius 1 is 1.25 bits per heavy atom.